The second kappa shape index (κ2) is 8.58. The summed E-state index contributed by atoms with van der Waals surface area (Å²) in [5.74, 6) is 0.237. The maximum absolute atomic E-state index is 11.7. The second-order valence-corrected chi connectivity index (χ2v) is 6.73. The lowest BCUT2D eigenvalue weighted by Gasteiger charge is -2.22. The zero-order valence-electron chi connectivity index (χ0n) is 15.1. The summed E-state index contributed by atoms with van der Waals surface area (Å²) in [7, 11) is 0. The highest BCUT2D eigenvalue weighted by molar-refractivity contribution is 5.91. The summed E-state index contributed by atoms with van der Waals surface area (Å²) < 4.78 is 10.6. The van der Waals surface area contributed by atoms with Crippen LogP contribution in [0.2, 0.25) is 0 Å². The molecule has 3 N–H and O–H groups in total. The van der Waals surface area contributed by atoms with E-state index in [0.717, 1.165) is 24.2 Å². The molecule has 6 heteroatoms. The number of alkyl carbamates (subject to hydrolysis) is 1. The van der Waals surface area contributed by atoms with Crippen LogP contribution in [-0.4, -0.2) is 30.8 Å². The number of aryl methyl sites for hydroxylation is 2. The second-order valence-electron chi connectivity index (χ2n) is 6.73. The number of cyclic esters (lactones) is 1. The highest BCUT2D eigenvalue weighted by Gasteiger charge is 2.44. The van der Waals surface area contributed by atoms with Gasteiger partial charge in [-0.05, 0) is 48.9 Å². The molecule has 1 fully saturated rings. The van der Waals surface area contributed by atoms with Crippen LogP contribution in [0.5, 0.6) is 5.75 Å². The molecule has 0 bridgehead atoms. The molecule has 1 aliphatic rings. The Kier molecular flexibility index (Phi) is 5.96. The summed E-state index contributed by atoms with van der Waals surface area (Å²) in [5.41, 5.74) is 6.66. The van der Waals surface area contributed by atoms with Gasteiger partial charge in [-0.1, -0.05) is 42.5 Å². The van der Waals surface area contributed by atoms with Gasteiger partial charge in [-0.25, -0.2) is 4.79 Å². The number of nitrogens with two attached hydrogens (primary N) is 1. The highest BCUT2D eigenvalue weighted by atomic mass is 16.6. The van der Waals surface area contributed by atoms with Gasteiger partial charge >= 0.3 is 6.09 Å². The smallest absolute Gasteiger partial charge is 0.408 e. The third kappa shape index (κ3) is 5.00. The van der Waals surface area contributed by atoms with Crippen LogP contribution in [0.3, 0.4) is 0 Å². The van der Waals surface area contributed by atoms with Gasteiger partial charge in [0.1, 0.15) is 12.4 Å². The minimum absolute atomic E-state index is 0.0240. The first-order valence-electron chi connectivity index (χ1n) is 9.08. The molecular weight excluding hydrogens is 344 g/mol. The topological polar surface area (TPSA) is 90.7 Å². The van der Waals surface area contributed by atoms with E-state index in [4.69, 9.17) is 15.2 Å². The summed E-state index contributed by atoms with van der Waals surface area (Å²) in [4.78, 5) is 23.0. The van der Waals surface area contributed by atoms with E-state index in [1.165, 1.54) is 5.56 Å². The fourth-order valence-electron chi connectivity index (χ4n) is 3.07. The van der Waals surface area contributed by atoms with E-state index in [9.17, 15) is 9.59 Å². The van der Waals surface area contributed by atoms with Gasteiger partial charge in [0.2, 0.25) is 5.91 Å². The van der Waals surface area contributed by atoms with Crippen LogP contribution in [0.1, 0.15) is 24.0 Å². The monoisotopic (exact) mass is 368 g/mol. The van der Waals surface area contributed by atoms with Crippen molar-refractivity contribution in [3.63, 3.8) is 0 Å². The van der Waals surface area contributed by atoms with E-state index in [-0.39, 0.29) is 6.61 Å². The van der Waals surface area contributed by atoms with Crippen LogP contribution < -0.4 is 15.8 Å². The van der Waals surface area contributed by atoms with E-state index in [1.807, 2.05) is 42.5 Å². The number of nitrogens with one attached hydrogen (secondary N) is 1. The van der Waals surface area contributed by atoms with Crippen molar-refractivity contribution < 1.29 is 19.1 Å². The van der Waals surface area contributed by atoms with Crippen molar-refractivity contribution in [1.82, 2.24) is 5.32 Å². The van der Waals surface area contributed by atoms with E-state index < -0.39 is 17.5 Å². The third-order valence-corrected chi connectivity index (χ3v) is 4.75. The minimum atomic E-state index is -1.12. The average molecular weight is 368 g/mol. The molecule has 142 valence electrons. The Morgan fingerprint density at radius 1 is 1.07 bits per heavy atom. The molecule has 1 heterocycles. The van der Waals surface area contributed by atoms with Crippen molar-refractivity contribution in [2.75, 3.05) is 13.2 Å². The Balaban J connectivity index is 1.44. The normalized spacial score (nSPS) is 18.6. The molecule has 27 heavy (non-hydrogen) atoms. The first kappa shape index (κ1) is 18.8. The van der Waals surface area contributed by atoms with Gasteiger partial charge in [0.25, 0.3) is 0 Å². The maximum Gasteiger partial charge on any atom is 0.408 e. The van der Waals surface area contributed by atoms with E-state index >= 15 is 0 Å². The van der Waals surface area contributed by atoms with Crippen molar-refractivity contribution >= 4 is 12.0 Å². The lowest BCUT2D eigenvalue weighted by atomic mass is 9.92. The predicted molar refractivity (Wildman–Crippen MR) is 101 cm³/mol. The van der Waals surface area contributed by atoms with E-state index in [1.54, 1.807) is 0 Å². The number of carbonyl (C=O) groups excluding carboxylic acids is 2. The lowest BCUT2D eigenvalue weighted by molar-refractivity contribution is -0.124. The Bertz CT molecular complexity index is 777. The van der Waals surface area contributed by atoms with Gasteiger partial charge < -0.3 is 20.5 Å². The van der Waals surface area contributed by atoms with Crippen molar-refractivity contribution in [3.05, 3.63) is 65.7 Å². The van der Waals surface area contributed by atoms with E-state index in [0.29, 0.717) is 19.4 Å². The Labute approximate surface area is 158 Å². The van der Waals surface area contributed by atoms with Crippen LogP contribution >= 0.6 is 0 Å². The fraction of sp³-hybridized carbons (Fsp3) is 0.333. The summed E-state index contributed by atoms with van der Waals surface area (Å²) in [6.45, 7) is 0.631. The molecule has 2 aromatic rings. The van der Waals surface area contributed by atoms with Crippen molar-refractivity contribution in [2.24, 2.45) is 5.73 Å². The quantitative estimate of drug-likeness (QED) is 0.666. The van der Waals surface area contributed by atoms with Crippen molar-refractivity contribution in [2.45, 2.75) is 31.2 Å². The minimum Gasteiger partial charge on any atom is -0.494 e. The largest absolute Gasteiger partial charge is 0.494 e. The Morgan fingerprint density at radius 3 is 2.41 bits per heavy atom. The van der Waals surface area contributed by atoms with Gasteiger partial charge in [-0.2, -0.15) is 0 Å². The molecule has 0 radical (unpaired) electrons. The summed E-state index contributed by atoms with van der Waals surface area (Å²) in [6, 6.07) is 18.1. The number of hydrogen-bond acceptors (Lipinski definition) is 4. The number of ether oxygens (including phenoxy) is 2. The molecule has 0 aliphatic carbocycles. The maximum atomic E-state index is 11.7. The predicted octanol–water partition coefficient (Wildman–Crippen LogP) is 2.59. The number of carbonyl (C=O) groups is 2. The number of amides is 2. The van der Waals surface area contributed by atoms with Crippen molar-refractivity contribution in [3.8, 4) is 5.75 Å². The molecule has 0 spiro atoms. The highest BCUT2D eigenvalue weighted by Crippen LogP contribution is 2.21. The molecule has 0 saturated carbocycles. The molecule has 1 saturated heterocycles. The lowest BCUT2D eigenvalue weighted by Crippen LogP contribution is -2.54. The zero-order valence-corrected chi connectivity index (χ0v) is 15.1. The molecule has 2 amide bonds. The zero-order chi connectivity index (χ0) is 19.1. The Morgan fingerprint density at radius 2 is 1.78 bits per heavy atom. The van der Waals surface area contributed by atoms with E-state index in [2.05, 4.69) is 17.4 Å². The van der Waals surface area contributed by atoms with Crippen LogP contribution in [0, 0.1) is 0 Å². The van der Waals surface area contributed by atoms with Crippen LogP contribution in [0.25, 0.3) is 0 Å². The molecular formula is C21H24N2O4. The average Bonchev–Trinajstić information content (AvgIpc) is 3.08. The number of primary amides is 1. The van der Waals surface area contributed by atoms with Crippen LogP contribution in [0.15, 0.2) is 54.6 Å². The van der Waals surface area contributed by atoms with Gasteiger partial charge in [-0.15, -0.1) is 0 Å². The van der Waals surface area contributed by atoms with Gasteiger partial charge in [-0.3, -0.25) is 4.79 Å². The molecule has 2 aromatic carbocycles. The molecule has 1 atom stereocenters. The molecule has 3 rings (SSSR count). The number of rotatable bonds is 9. The summed E-state index contributed by atoms with van der Waals surface area (Å²) >= 11 is 0. The van der Waals surface area contributed by atoms with Gasteiger partial charge in [0.05, 0.1) is 6.61 Å². The molecule has 0 aromatic heterocycles. The SMILES string of the molecule is NC(=O)C1(CCc2ccc(OCCCc3ccccc3)cc2)COC(=O)N1. The number of hydrogen-bond donors (Lipinski definition) is 2. The first-order chi connectivity index (χ1) is 13.1. The standard InChI is InChI=1S/C21H24N2O4/c22-19(24)21(15-27-20(25)23-21)13-12-17-8-10-18(11-9-17)26-14-4-7-16-5-2-1-3-6-16/h1-3,5-6,8-11H,4,7,12-15H2,(H2,22,24)(H,23,25). The first-order valence-corrected chi connectivity index (χ1v) is 9.08. The summed E-state index contributed by atoms with van der Waals surface area (Å²) in [6.07, 6.45) is 2.33. The van der Waals surface area contributed by atoms with Crippen molar-refractivity contribution in [1.29, 1.82) is 0 Å². The van der Waals surface area contributed by atoms with Gasteiger partial charge in [0, 0.05) is 0 Å². The third-order valence-electron chi connectivity index (χ3n) is 4.75. The molecule has 6 nitrogen and oxygen atoms in total. The van der Waals surface area contributed by atoms with Crippen LogP contribution in [0.4, 0.5) is 4.79 Å². The Hall–Kier alpha value is -3.02. The van der Waals surface area contributed by atoms with Gasteiger partial charge in [0.15, 0.2) is 5.54 Å². The summed E-state index contributed by atoms with van der Waals surface area (Å²) in [5, 5.41) is 2.54. The van der Waals surface area contributed by atoms with Crippen LogP contribution in [-0.2, 0) is 22.4 Å². The molecule has 1 aliphatic heterocycles. The fourth-order valence-corrected chi connectivity index (χ4v) is 3.07. The molecule has 1 unspecified atom stereocenters. The number of benzene rings is 2.